The van der Waals surface area contributed by atoms with Crippen LogP contribution in [0.15, 0.2) is 17.3 Å². The lowest BCUT2D eigenvalue weighted by molar-refractivity contribution is 0.219. The summed E-state index contributed by atoms with van der Waals surface area (Å²) in [5, 5.41) is 3.15. The third kappa shape index (κ3) is 1.43. The number of aromatic amines is 1. The van der Waals surface area contributed by atoms with Gasteiger partial charge in [-0.3, -0.25) is 0 Å². The molecule has 88 valence electrons. The summed E-state index contributed by atoms with van der Waals surface area (Å²) in [4.78, 5) is 2.93. The lowest BCUT2D eigenvalue weighted by Gasteiger charge is -2.25. The first-order chi connectivity index (χ1) is 7.61. The van der Waals surface area contributed by atoms with Crippen molar-refractivity contribution in [2.75, 3.05) is 19.7 Å². The minimum absolute atomic E-state index is 0.191. The number of hydrogen-bond donors (Lipinski definition) is 3. The average Bonchev–Trinajstić information content (AvgIpc) is 2.80. The van der Waals surface area contributed by atoms with Gasteiger partial charge in [0.25, 0.3) is 0 Å². The van der Waals surface area contributed by atoms with Crippen molar-refractivity contribution in [3.8, 4) is 5.75 Å². The van der Waals surface area contributed by atoms with E-state index in [1.54, 1.807) is 6.20 Å². The van der Waals surface area contributed by atoms with Crippen molar-refractivity contribution in [1.29, 1.82) is 0 Å². The van der Waals surface area contributed by atoms with Crippen LogP contribution in [-0.4, -0.2) is 38.6 Å². The standard InChI is InChI=1S/C9H13N3O3S/c13-16(14)8-4-11-3-7(8)15-6-9(12-16)1-2-10-5-9/h3-4,10-12H,1-2,5-6H2. The molecule has 3 heterocycles. The van der Waals surface area contributed by atoms with Crippen LogP contribution in [0.5, 0.6) is 5.75 Å². The van der Waals surface area contributed by atoms with E-state index in [1.165, 1.54) is 6.20 Å². The van der Waals surface area contributed by atoms with Gasteiger partial charge < -0.3 is 15.0 Å². The first-order valence-electron chi connectivity index (χ1n) is 5.16. The molecule has 1 atom stereocenters. The third-order valence-electron chi connectivity index (χ3n) is 3.06. The summed E-state index contributed by atoms with van der Waals surface area (Å²) in [6.07, 6.45) is 3.76. The first kappa shape index (κ1) is 10.1. The number of fused-ring (bicyclic) bond motifs is 1. The van der Waals surface area contributed by atoms with E-state index in [9.17, 15) is 8.42 Å². The molecular weight excluding hydrogens is 230 g/mol. The summed E-state index contributed by atoms with van der Waals surface area (Å²) in [5.74, 6) is 0.399. The average molecular weight is 243 g/mol. The second kappa shape index (κ2) is 3.22. The Morgan fingerprint density at radius 1 is 1.38 bits per heavy atom. The fraction of sp³-hybridized carbons (Fsp3) is 0.556. The predicted octanol–water partition coefficient (Wildman–Crippen LogP) is -0.582. The van der Waals surface area contributed by atoms with Crippen molar-refractivity contribution >= 4 is 10.0 Å². The number of rotatable bonds is 0. The highest BCUT2D eigenvalue weighted by Crippen LogP contribution is 2.30. The summed E-state index contributed by atoms with van der Waals surface area (Å²) in [7, 11) is -3.47. The summed E-state index contributed by atoms with van der Waals surface area (Å²) in [6, 6.07) is 0. The van der Waals surface area contributed by atoms with Crippen molar-refractivity contribution in [3.63, 3.8) is 0 Å². The van der Waals surface area contributed by atoms with Crippen LogP contribution in [-0.2, 0) is 10.0 Å². The van der Waals surface area contributed by atoms with E-state index in [0.29, 0.717) is 18.9 Å². The predicted molar refractivity (Wildman–Crippen MR) is 56.8 cm³/mol. The van der Waals surface area contributed by atoms with Gasteiger partial charge in [0.15, 0.2) is 5.75 Å². The molecule has 3 rings (SSSR count). The number of sulfonamides is 1. The van der Waals surface area contributed by atoms with Gasteiger partial charge >= 0.3 is 0 Å². The Kier molecular flexibility index (Phi) is 2.04. The first-order valence-corrected chi connectivity index (χ1v) is 6.64. The molecule has 0 radical (unpaired) electrons. The number of H-pyrrole nitrogens is 1. The van der Waals surface area contributed by atoms with Crippen molar-refractivity contribution in [2.24, 2.45) is 0 Å². The normalized spacial score (nSPS) is 32.0. The highest BCUT2D eigenvalue weighted by Gasteiger charge is 2.42. The van der Waals surface area contributed by atoms with Gasteiger partial charge in [-0.15, -0.1) is 0 Å². The number of ether oxygens (including phenoxy) is 1. The van der Waals surface area contributed by atoms with Crippen molar-refractivity contribution in [3.05, 3.63) is 12.4 Å². The van der Waals surface area contributed by atoms with Crippen LogP contribution >= 0.6 is 0 Å². The van der Waals surface area contributed by atoms with Crippen molar-refractivity contribution < 1.29 is 13.2 Å². The second-order valence-corrected chi connectivity index (χ2v) is 5.94. The topological polar surface area (TPSA) is 83.2 Å². The Bertz CT molecular complexity index is 502. The Morgan fingerprint density at radius 2 is 2.25 bits per heavy atom. The van der Waals surface area contributed by atoms with Crippen LogP contribution in [0.3, 0.4) is 0 Å². The highest BCUT2D eigenvalue weighted by atomic mass is 32.2. The monoisotopic (exact) mass is 243 g/mol. The minimum atomic E-state index is -3.47. The molecule has 1 saturated heterocycles. The number of aromatic nitrogens is 1. The molecule has 6 nitrogen and oxygen atoms in total. The number of hydrogen-bond acceptors (Lipinski definition) is 4. The van der Waals surface area contributed by atoms with Gasteiger partial charge in [0.1, 0.15) is 11.5 Å². The molecule has 16 heavy (non-hydrogen) atoms. The van der Waals surface area contributed by atoms with Gasteiger partial charge in [-0.25, -0.2) is 13.1 Å². The van der Waals surface area contributed by atoms with Crippen LogP contribution in [0.4, 0.5) is 0 Å². The SMILES string of the molecule is O=S1(=O)NC2(CCNC2)COc2c[nH]cc21. The molecule has 0 aliphatic carbocycles. The number of nitrogens with one attached hydrogen (secondary N) is 3. The van der Waals surface area contributed by atoms with Crippen molar-refractivity contribution in [2.45, 2.75) is 16.9 Å². The summed E-state index contributed by atoms with van der Waals surface area (Å²) in [6.45, 7) is 1.78. The molecule has 2 aliphatic heterocycles. The largest absolute Gasteiger partial charge is 0.489 e. The van der Waals surface area contributed by atoms with Gasteiger partial charge in [-0.2, -0.15) is 0 Å². The van der Waals surface area contributed by atoms with Crippen LogP contribution < -0.4 is 14.8 Å². The molecule has 0 saturated carbocycles. The maximum Gasteiger partial charge on any atom is 0.246 e. The molecular formula is C9H13N3O3S. The zero-order valence-electron chi connectivity index (χ0n) is 8.62. The molecule has 1 spiro atoms. The second-order valence-electron chi connectivity index (χ2n) is 4.29. The molecule has 1 aromatic heterocycles. The molecule has 0 bridgehead atoms. The van der Waals surface area contributed by atoms with E-state index >= 15 is 0 Å². The Morgan fingerprint density at radius 3 is 3.00 bits per heavy atom. The molecule has 7 heteroatoms. The maximum atomic E-state index is 12.1. The van der Waals surface area contributed by atoms with E-state index < -0.39 is 15.6 Å². The Balaban J connectivity index is 2.04. The molecule has 1 fully saturated rings. The van der Waals surface area contributed by atoms with Crippen molar-refractivity contribution in [1.82, 2.24) is 15.0 Å². The van der Waals surface area contributed by atoms with E-state index in [4.69, 9.17) is 4.74 Å². The van der Waals surface area contributed by atoms with Gasteiger partial charge in [0.2, 0.25) is 10.0 Å². The molecule has 1 unspecified atom stereocenters. The van der Waals surface area contributed by atoms with E-state index in [-0.39, 0.29) is 4.90 Å². The quantitative estimate of drug-likeness (QED) is 0.569. The zero-order chi connectivity index (χ0) is 11.2. The summed E-state index contributed by atoms with van der Waals surface area (Å²) in [5.41, 5.74) is -0.495. The summed E-state index contributed by atoms with van der Waals surface area (Å²) >= 11 is 0. The third-order valence-corrected chi connectivity index (χ3v) is 4.66. The zero-order valence-corrected chi connectivity index (χ0v) is 9.43. The minimum Gasteiger partial charge on any atom is -0.489 e. The Hall–Kier alpha value is -1.05. The highest BCUT2D eigenvalue weighted by molar-refractivity contribution is 7.89. The lowest BCUT2D eigenvalue weighted by Crippen LogP contribution is -2.52. The molecule has 1 aromatic rings. The smallest absolute Gasteiger partial charge is 0.246 e. The molecule has 0 aromatic carbocycles. The molecule has 2 aliphatic rings. The van der Waals surface area contributed by atoms with Gasteiger partial charge in [0.05, 0.1) is 5.54 Å². The van der Waals surface area contributed by atoms with Gasteiger partial charge in [0, 0.05) is 18.9 Å². The van der Waals surface area contributed by atoms with Crippen LogP contribution in [0.25, 0.3) is 0 Å². The molecule has 0 amide bonds. The van der Waals surface area contributed by atoms with E-state index in [1.807, 2.05) is 0 Å². The van der Waals surface area contributed by atoms with Gasteiger partial charge in [-0.1, -0.05) is 0 Å². The van der Waals surface area contributed by atoms with Gasteiger partial charge in [-0.05, 0) is 13.0 Å². The fourth-order valence-corrected chi connectivity index (χ4v) is 3.72. The van der Waals surface area contributed by atoms with E-state index in [0.717, 1.165) is 13.0 Å². The van der Waals surface area contributed by atoms with Crippen LogP contribution in [0, 0.1) is 0 Å². The van der Waals surface area contributed by atoms with Crippen LogP contribution in [0.1, 0.15) is 6.42 Å². The maximum absolute atomic E-state index is 12.1. The molecule has 3 N–H and O–H groups in total. The van der Waals surface area contributed by atoms with Crippen LogP contribution in [0.2, 0.25) is 0 Å². The summed E-state index contributed by atoms with van der Waals surface area (Å²) < 4.78 is 32.4. The fourth-order valence-electron chi connectivity index (χ4n) is 2.20. The lowest BCUT2D eigenvalue weighted by atomic mass is 10.0. The Labute approximate surface area is 93.4 Å². The van der Waals surface area contributed by atoms with E-state index in [2.05, 4.69) is 15.0 Å².